The summed E-state index contributed by atoms with van der Waals surface area (Å²) in [7, 11) is 2.18. The molecule has 22 heavy (non-hydrogen) atoms. The van der Waals surface area contributed by atoms with E-state index in [-0.39, 0.29) is 0 Å². The Kier molecular flexibility index (Phi) is 3.54. The summed E-state index contributed by atoms with van der Waals surface area (Å²) >= 11 is 0. The molecule has 1 aromatic carbocycles. The van der Waals surface area contributed by atoms with Crippen LogP contribution in [0.15, 0.2) is 36.7 Å². The molecule has 4 nitrogen and oxygen atoms in total. The molecule has 1 aromatic heterocycles. The zero-order valence-electron chi connectivity index (χ0n) is 13.1. The third kappa shape index (κ3) is 2.37. The lowest BCUT2D eigenvalue weighted by molar-refractivity contribution is 0.309. The highest BCUT2D eigenvalue weighted by atomic mass is 15.2. The first-order valence-electron chi connectivity index (χ1n) is 8.16. The highest BCUT2D eigenvalue weighted by Crippen LogP contribution is 2.37. The average molecular weight is 294 g/mol. The molecule has 1 saturated heterocycles. The lowest BCUT2D eigenvalue weighted by Crippen LogP contribution is -2.32. The Hall–Kier alpha value is -1.94. The number of rotatable bonds is 2. The maximum atomic E-state index is 4.67. The van der Waals surface area contributed by atoms with Crippen molar-refractivity contribution in [3.8, 4) is 0 Å². The number of hydrogen-bond acceptors (Lipinski definition) is 4. The van der Waals surface area contributed by atoms with Crippen LogP contribution < -0.4 is 4.90 Å². The van der Waals surface area contributed by atoms with Crippen molar-refractivity contribution in [1.82, 2.24) is 14.9 Å². The molecule has 0 spiro atoms. The molecular weight excluding hydrogens is 272 g/mol. The minimum Gasteiger partial charge on any atom is -0.349 e. The van der Waals surface area contributed by atoms with Crippen LogP contribution in [-0.4, -0.2) is 35.0 Å². The van der Waals surface area contributed by atoms with Crippen molar-refractivity contribution >= 4 is 5.82 Å². The van der Waals surface area contributed by atoms with Gasteiger partial charge in [0, 0.05) is 31.6 Å². The van der Waals surface area contributed by atoms with Crippen molar-refractivity contribution < 1.29 is 0 Å². The first kappa shape index (κ1) is 13.7. The molecule has 1 fully saturated rings. The van der Waals surface area contributed by atoms with Crippen LogP contribution in [0.1, 0.15) is 35.7 Å². The quantitative estimate of drug-likeness (QED) is 0.852. The molecule has 0 bridgehead atoms. The lowest BCUT2D eigenvalue weighted by atomic mass is 10.0. The zero-order valence-corrected chi connectivity index (χ0v) is 13.1. The summed E-state index contributed by atoms with van der Waals surface area (Å²) < 4.78 is 0. The predicted molar refractivity (Wildman–Crippen MR) is 87.8 cm³/mol. The first-order valence-corrected chi connectivity index (χ1v) is 8.16. The standard InChI is InChI=1S/C18H22N4/c1-21-11-9-16-15(12-21)18(20-13-19-16)22-10-5-8-17(22)14-6-3-2-4-7-14/h2-4,6-7,13,17H,5,8-12H2,1H3/t17-/m1/s1. The van der Waals surface area contributed by atoms with Crippen LogP contribution in [0.2, 0.25) is 0 Å². The summed E-state index contributed by atoms with van der Waals surface area (Å²) in [6, 6.07) is 11.3. The monoisotopic (exact) mass is 294 g/mol. The maximum Gasteiger partial charge on any atom is 0.137 e. The Morgan fingerprint density at radius 3 is 2.82 bits per heavy atom. The Morgan fingerprint density at radius 2 is 1.95 bits per heavy atom. The van der Waals surface area contributed by atoms with Crippen molar-refractivity contribution in [2.24, 2.45) is 0 Å². The second-order valence-corrected chi connectivity index (χ2v) is 6.37. The molecule has 114 valence electrons. The molecule has 0 N–H and O–H groups in total. The zero-order chi connectivity index (χ0) is 14.9. The molecule has 4 rings (SSSR count). The van der Waals surface area contributed by atoms with E-state index < -0.39 is 0 Å². The topological polar surface area (TPSA) is 32.3 Å². The Bertz CT molecular complexity index is 655. The first-order chi connectivity index (χ1) is 10.8. The van der Waals surface area contributed by atoms with Gasteiger partial charge in [0.25, 0.3) is 0 Å². The third-order valence-corrected chi connectivity index (χ3v) is 4.88. The van der Waals surface area contributed by atoms with Gasteiger partial charge < -0.3 is 9.80 Å². The van der Waals surface area contributed by atoms with E-state index in [4.69, 9.17) is 0 Å². The fraction of sp³-hybridized carbons (Fsp3) is 0.444. The van der Waals surface area contributed by atoms with Crippen LogP contribution in [0.25, 0.3) is 0 Å². The number of hydrogen-bond donors (Lipinski definition) is 0. The van der Waals surface area contributed by atoms with Crippen molar-refractivity contribution in [2.45, 2.75) is 31.8 Å². The summed E-state index contributed by atoms with van der Waals surface area (Å²) in [4.78, 5) is 14.1. The van der Waals surface area contributed by atoms with Gasteiger partial charge in [0.1, 0.15) is 12.1 Å². The highest BCUT2D eigenvalue weighted by Gasteiger charge is 2.30. The van der Waals surface area contributed by atoms with Gasteiger partial charge in [0.15, 0.2) is 0 Å². The minimum absolute atomic E-state index is 0.451. The average Bonchev–Trinajstić information content (AvgIpc) is 3.04. The SMILES string of the molecule is CN1CCc2ncnc(N3CCC[C@@H]3c3ccccc3)c2C1. The van der Waals surface area contributed by atoms with Crippen LogP contribution in [0, 0.1) is 0 Å². The number of fused-ring (bicyclic) bond motifs is 1. The van der Waals surface area contributed by atoms with Gasteiger partial charge in [0.2, 0.25) is 0 Å². The summed E-state index contributed by atoms with van der Waals surface area (Å²) in [5.41, 5.74) is 3.97. The Labute approximate surface area is 131 Å². The van der Waals surface area contributed by atoms with E-state index in [2.05, 4.69) is 57.1 Å². The molecule has 0 amide bonds. The molecule has 2 aromatic rings. The summed E-state index contributed by atoms with van der Waals surface area (Å²) in [5, 5.41) is 0. The molecule has 2 aliphatic heterocycles. The summed E-state index contributed by atoms with van der Waals surface area (Å²) in [6.45, 7) is 3.14. The second-order valence-electron chi connectivity index (χ2n) is 6.37. The van der Waals surface area contributed by atoms with Gasteiger partial charge in [0.05, 0.1) is 11.7 Å². The van der Waals surface area contributed by atoms with Crippen LogP contribution >= 0.6 is 0 Å². The molecule has 0 unspecified atom stereocenters. The normalized spacial score (nSPS) is 21.9. The van der Waals surface area contributed by atoms with E-state index in [1.54, 1.807) is 6.33 Å². The van der Waals surface area contributed by atoms with Crippen molar-refractivity contribution in [3.05, 3.63) is 53.5 Å². The molecule has 3 heterocycles. The molecular formula is C18H22N4. The molecule has 2 aliphatic rings. The largest absolute Gasteiger partial charge is 0.349 e. The molecule has 0 saturated carbocycles. The van der Waals surface area contributed by atoms with Gasteiger partial charge in [-0.05, 0) is 25.5 Å². The highest BCUT2D eigenvalue weighted by molar-refractivity contribution is 5.52. The molecule has 0 radical (unpaired) electrons. The van der Waals surface area contributed by atoms with Gasteiger partial charge in [-0.2, -0.15) is 0 Å². The van der Waals surface area contributed by atoms with Crippen LogP contribution in [-0.2, 0) is 13.0 Å². The van der Waals surface area contributed by atoms with E-state index in [1.165, 1.54) is 29.7 Å². The van der Waals surface area contributed by atoms with Crippen LogP contribution in [0.4, 0.5) is 5.82 Å². The van der Waals surface area contributed by atoms with Gasteiger partial charge in [-0.25, -0.2) is 9.97 Å². The molecule has 4 heteroatoms. The van der Waals surface area contributed by atoms with Crippen molar-refractivity contribution in [2.75, 3.05) is 25.0 Å². The van der Waals surface area contributed by atoms with Crippen LogP contribution in [0.5, 0.6) is 0 Å². The smallest absolute Gasteiger partial charge is 0.137 e. The maximum absolute atomic E-state index is 4.67. The Balaban J connectivity index is 1.72. The molecule has 1 atom stereocenters. The van der Waals surface area contributed by atoms with Crippen molar-refractivity contribution in [1.29, 1.82) is 0 Å². The van der Waals surface area contributed by atoms with Gasteiger partial charge in [-0.15, -0.1) is 0 Å². The van der Waals surface area contributed by atoms with E-state index in [0.717, 1.165) is 31.9 Å². The fourth-order valence-electron chi connectivity index (χ4n) is 3.75. The van der Waals surface area contributed by atoms with E-state index in [0.29, 0.717) is 6.04 Å². The lowest BCUT2D eigenvalue weighted by Gasteiger charge is -2.32. The van der Waals surface area contributed by atoms with E-state index in [9.17, 15) is 0 Å². The molecule has 0 aliphatic carbocycles. The number of nitrogens with zero attached hydrogens (tertiary/aromatic N) is 4. The second kappa shape index (κ2) is 5.69. The van der Waals surface area contributed by atoms with Crippen molar-refractivity contribution in [3.63, 3.8) is 0 Å². The number of aromatic nitrogens is 2. The number of benzene rings is 1. The van der Waals surface area contributed by atoms with Crippen LogP contribution in [0.3, 0.4) is 0 Å². The van der Waals surface area contributed by atoms with Gasteiger partial charge >= 0.3 is 0 Å². The minimum atomic E-state index is 0.451. The van der Waals surface area contributed by atoms with Gasteiger partial charge in [-0.1, -0.05) is 30.3 Å². The van der Waals surface area contributed by atoms with E-state index >= 15 is 0 Å². The van der Waals surface area contributed by atoms with Gasteiger partial charge in [-0.3, -0.25) is 0 Å². The predicted octanol–water partition coefficient (Wildman–Crippen LogP) is 2.81. The fourth-order valence-corrected chi connectivity index (χ4v) is 3.75. The third-order valence-electron chi connectivity index (χ3n) is 4.88. The summed E-state index contributed by atoms with van der Waals surface area (Å²) in [5.74, 6) is 1.16. The van der Waals surface area contributed by atoms with E-state index in [1.807, 2.05) is 0 Å². The number of anilines is 1. The Morgan fingerprint density at radius 1 is 1.09 bits per heavy atom. The summed E-state index contributed by atoms with van der Waals surface area (Å²) in [6.07, 6.45) is 5.22. The number of likely N-dealkylation sites (N-methyl/N-ethyl adjacent to an activating group) is 1.